The van der Waals surface area contributed by atoms with Crippen molar-refractivity contribution in [3.63, 3.8) is 0 Å². The number of aromatic nitrogens is 3. The molecule has 1 aromatic carbocycles. The summed E-state index contributed by atoms with van der Waals surface area (Å²) < 4.78 is 33.1. The molecule has 2 aliphatic rings. The van der Waals surface area contributed by atoms with Crippen LogP contribution in [0.5, 0.6) is 0 Å². The van der Waals surface area contributed by atoms with Crippen LogP contribution in [0.2, 0.25) is 0 Å². The monoisotopic (exact) mass is 441 g/mol. The van der Waals surface area contributed by atoms with Crippen LogP contribution in [0.3, 0.4) is 0 Å². The van der Waals surface area contributed by atoms with Crippen molar-refractivity contribution in [2.45, 2.75) is 31.9 Å². The van der Waals surface area contributed by atoms with Gasteiger partial charge >= 0.3 is 0 Å². The van der Waals surface area contributed by atoms with Gasteiger partial charge in [-0.05, 0) is 24.0 Å². The van der Waals surface area contributed by atoms with E-state index in [9.17, 15) is 8.42 Å². The first-order chi connectivity index (χ1) is 14.7. The molecule has 31 heavy (non-hydrogen) atoms. The average molecular weight is 442 g/mol. The molecule has 2 atom stereocenters. The Morgan fingerprint density at radius 1 is 1.06 bits per heavy atom. The fourth-order valence-corrected chi connectivity index (χ4v) is 6.17. The molecule has 0 spiro atoms. The zero-order chi connectivity index (χ0) is 21.8. The van der Waals surface area contributed by atoms with Crippen LogP contribution < -0.4 is 4.90 Å². The van der Waals surface area contributed by atoms with Gasteiger partial charge in [-0.1, -0.05) is 38.1 Å². The Morgan fingerprint density at radius 2 is 1.77 bits per heavy atom. The third-order valence-electron chi connectivity index (χ3n) is 6.36. The maximum atomic E-state index is 13.1. The van der Waals surface area contributed by atoms with E-state index in [1.165, 1.54) is 0 Å². The number of benzene rings is 1. The predicted molar refractivity (Wildman–Crippen MR) is 118 cm³/mol. The van der Waals surface area contributed by atoms with Crippen LogP contribution in [0.1, 0.15) is 32.2 Å². The molecule has 2 saturated heterocycles. The Kier molecular flexibility index (Phi) is 4.78. The summed E-state index contributed by atoms with van der Waals surface area (Å²) in [6, 6.07) is 9.42. The molecule has 164 valence electrons. The molecule has 5 rings (SSSR count). The number of hydrogen-bond acceptors (Lipinski definition) is 7. The number of hydrogen-bond donors (Lipinski definition) is 0. The lowest BCUT2D eigenvalue weighted by molar-refractivity contribution is 0.438. The Bertz CT molecular complexity index is 1200. The Labute approximate surface area is 182 Å². The van der Waals surface area contributed by atoms with Crippen LogP contribution in [0, 0.1) is 11.8 Å². The van der Waals surface area contributed by atoms with Gasteiger partial charge in [0.1, 0.15) is 23.6 Å². The first-order valence-electron chi connectivity index (χ1n) is 10.6. The van der Waals surface area contributed by atoms with Gasteiger partial charge in [0.15, 0.2) is 5.58 Å². The summed E-state index contributed by atoms with van der Waals surface area (Å²) in [7, 11) is -3.46. The van der Waals surface area contributed by atoms with Gasteiger partial charge < -0.3 is 9.42 Å². The smallest absolute Gasteiger partial charge is 0.220 e. The number of rotatable bonds is 4. The minimum Gasteiger partial charge on any atom is -0.356 e. The fourth-order valence-electron chi connectivity index (χ4n) is 4.60. The average Bonchev–Trinajstić information content (AvgIpc) is 3.41. The first kappa shape index (κ1) is 20.4. The molecule has 4 heterocycles. The van der Waals surface area contributed by atoms with Crippen molar-refractivity contribution in [2.75, 3.05) is 31.1 Å². The normalized spacial score (nSPS) is 22.4. The van der Waals surface area contributed by atoms with E-state index in [4.69, 9.17) is 4.52 Å². The van der Waals surface area contributed by atoms with E-state index in [-0.39, 0.29) is 11.2 Å². The van der Waals surface area contributed by atoms with Crippen molar-refractivity contribution in [2.24, 2.45) is 11.8 Å². The van der Waals surface area contributed by atoms with Crippen LogP contribution in [0.25, 0.3) is 11.0 Å². The summed E-state index contributed by atoms with van der Waals surface area (Å²) in [5, 5.41) is 4.76. The van der Waals surface area contributed by atoms with Gasteiger partial charge in [-0.15, -0.1) is 0 Å². The summed E-state index contributed by atoms with van der Waals surface area (Å²) in [6.07, 6.45) is 1.63. The molecule has 0 radical (unpaired) electrons. The third-order valence-corrected chi connectivity index (χ3v) is 8.09. The second-order valence-electron chi connectivity index (χ2n) is 9.64. The molecule has 9 heteroatoms. The van der Waals surface area contributed by atoms with E-state index < -0.39 is 10.0 Å². The van der Waals surface area contributed by atoms with Crippen LogP contribution in [-0.2, 0) is 21.2 Å². The molecule has 2 aromatic heterocycles. The van der Waals surface area contributed by atoms with E-state index in [0.717, 1.165) is 30.0 Å². The van der Waals surface area contributed by atoms with Gasteiger partial charge in [0, 0.05) is 43.0 Å². The number of fused-ring (bicyclic) bond motifs is 2. The zero-order valence-corrected chi connectivity index (χ0v) is 18.8. The van der Waals surface area contributed by atoms with E-state index in [0.29, 0.717) is 36.2 Å². The second kappa shape index (κ2) is 7.27. The molecule has 2 unspecified atom stereocenters. The Hall–Kier alpha value is -2.52. The number of anilines is 1. The maximum absolute atomic E-state index is 13.1. The quantitative estimate of drug-likeness (QED) is 0.615. The highest BCUT2D eigenvalue weighted by Gasteiger charge is 2.44. The van der Waals surface area contributed by atoms with Gasteiger partial charge in [-0.2, -0.15) is 0 Å². The van der Waals surface area contributed by atoms with E-state index in [1.807, 2.05) is 18.2 Å². The molecule has 0 amide bonds. The predicted octanol–water partition coefficient (Wildman–Crippen LogP) is 2.81. The van der Waals surface area contributed by atoms with E-state index in [2.05, 4.69) is 46.9 Å². The van der Waals surface area contributed by atoms with Crippen LogP contribution in [0.15, 0.2) is 41.2 Å². The summed E-state index contributed by atoms with van der Waals surface area (Å²) in [5.41, 5.74) is 2.06. The van der Waals surface area contributed by atoms with Crippen molar-refractivity contribution >= 4 is 26.8 Å². The minimum absolute atomic E-state index is 0.0382. The van der Waals surface area contributed by atoms with Gasteiger partial charge in [-0.3, -0.25) is 0 Å². The van der Waals surface area contributed by atoms with Crippen molar-refractivity contribution in [3.8, 4) is 0 Å². The molecular formula is C22H27N5O3S. The molecule has 0 bridgehead atoms. The molecule has 0 N–H and O–H groups in total. The van der Waals surface area contributed by atoms with Gasteiger partial charge in [0.2, 0.25) is 10.0 Å². The van der Waals surface area contributed by atoms with E-state index in [1.54, 1.807) is 16.7 Å². The summed E-state index contributed by atoms with van der Waals surface area (Å²) in [4.78, 5) is 11.2. The number of nitrogens with zero attached hydrogens (tertiary/aromatic N) is 5. The van der Waals surface area contributed by atoms with E-state index >= 15 is 0 Å². The van der Waals surface area contributed by atoms with Gasteiger partial charge in [0.05, 0.1) is 5.69 Å². The fraction of sp³-hybridized carbons (Fsp3) is 0.500. The summed E-state index contributed by atoms with van der Waals surface area (Å²) in [6.45, 7) is 9.11. The lowest BCUT2D eigenvalue weighted by Gasteiger charge is -2.24. The number of para-hydroxylation sites is 1. The lowest BCUT2D eigenvalue weighted by atomic mass is 9.92. The van der Waals surface area contributed by atoms with Crippen molar-refractivity contribution in [1.29, 1.82) is 0 Å². The molecule has 8 nitrogen and oxygen atoms in total. The molecular weight excluding hydrogens is 414 g/mol. The Morgan fingerprint density at radius 3 is 2.48 bits per heavy atom. The van der Waals surface area contributed by atoms with Gasteiger partial charge in [0.25, 0.3) is 0 Å². The molecule has 0 aliphatic carbocycles. The highest BCUT2D eigenvalue weighted by molar-refractivity contribution is 7.88. The minimum atomic E-state index is -3.46. The molecule has 2 fully saturated rings. The molecule has 0 saturated carbocycles. The third kappa shape index (κ3) is 3.80. The largest absolute Gasteiger partial charge is 0.356 e. The summed E-state index contributed by atoms with van der Waals surface area (Å²) >= 11 is 0. The lowest BCUT2D eigenvalue weighted by Crippen LogP contribution is -2.34. The SMILES string of the molecule is CC(C)(C)c1cc(N2CC3CN(S(=O)(=O)Cc4noc5ccccc45)CC3C2)ncn1. The first-order valence-corrected chi connectivity index (χ1v) is 12.2. The van der Waals surface area contributed by atoms with Crippen LogP contribution >= 0.6 is 0 Å². The standard InChI is InChI=1S/C22H27N5O3S/c1-22(2,3)20-8-21(24-14-23-20)26-9-15-11-27(12-16(15)10-26)31(28,29)13-18-17-6-4-5-7-19(17)30-25-18/h4-8,14-16H,9-13H2,1-3H3. The topological polar surface area (TPSA) is 92.4 Å². The highest BCUT2D eigenvalue weighted by atomic mass is 32.2. The Balaban J connectivity index is 1.28. The molecule has 3 aromatic rings. The van der Waals surface area contributed by atoms with Crippen molar-refractivity contribution in [3.05, 3.63) is 48.0 Å². The second-order valence-corrected chi connectivity index (χ2v) is 11.6. The maximum Gasteiger partial charge on any atom is 0.220 e. The zero-order valence-electron chi connectivity index (χ0n) is 18.0. The van der Waals surface area contributed by atoms with Crippen LogP contribution in [-0.4, -0.2) is 54.0 Å². The number of sulfonamides is 1. The summed E-state index contributed by atoms with van der Waals surface area (Å²) in [5.74, 6) is 1.40. The molecule has 2 aliphatic heterocycles. The van der Waals surface area contributed by atoms with Gasteiger partial charge in [-0.25, -0.2) is 22.7 Å². The van der Waals surface area contributed by atoms with Crippen molar-refractivity contribution < 1.29 is 12.9 Å². The highest BCUT2D eigenvalue weighted by Crippen LogP contribution is 2.36. The van der Waals surface area contributed by atoms with Crippen LogP contribution in [0.4, 0.5) is 5.82 Å². The van der Waals surface area contributed by atoms with Crippen molar-refractivity contribution in [1.82, 2.24) is 19.4 Å².